The monoisotopic (exact) mass is 336 g/mol. The number of phenolic OH excluding ortho intramolecular Hbond substituents is 1. The molecule has 0 fully saturated rings. The zero-order valence-corrected chi connectivity index (χ0v) is 12.9. The molecule has 0 saturated carbocycles. The van der Waals surface area contributed by atoms with Crippen LogP contribution in [0.5, 0.6) is 11.5 Å². The Morgan fingerprint density at radius 1 is 1.08 bits per heavy atom. The summed E-state index contributed by atoms with van der Waals surface area (Å²) >= 11 is 0. The Balaban J connectivity index is 2.05. The number of benzene rings is 3. The van der Waals surface area contributed by atoms with Crippen LogP contribution in [0.2, 0.25) is 0 Å². The first-order valence-electron chi connectivity index (χ1n) is 7.50. The van der Waals surface area contributed by atoms with Crippen molar-refractivity contribution in [3.05, 3.63) is 58.8 Å². The quantitative estimate of drug-likeness (QED) is 0.440. The van der Waals surface area contributed by atoms with Crippen molar-refractivity contribution in [2.24, 2.45) is 0 Å². The third-order valence-corrected chi connectivity index (χ3v) is 3.98. The van der Waals surface area contributed by atoms with Crippen molar-refractivity contribution < 1.29 is 24.2 Å². The Morgan fingerprint density at radius 3 is 2.68 bits per heavy atom. The van der Waals surface area contributed by atoms with E-state index in [2.05, 4.69) is 0 Å². The summed E-state index contributed by atoms with van der Waals surface area (Å²) in [5, 5.41) is 21.0. The van der Waals surface area contributed by atoms with Crippen LogP contribution in [0, 0.1) is 0 Å². The lowest BCUT2D eigenvalue weighted by Gasteiger charge is -2.08. The number of rotatable bonds is 3. The van der Waals surface area contributed by atoms with Gasteiger partial charge in [-0.05, 0) is 11.5 Å². The summed E-state index contributed by atoms with van der Waals surface area (Å²) < 4.78 is 11.0. The number of fused-ring (bicyclic) bond motifs is 4. The van der Waals surface area contributed by atoms with E-state index in [4.69, 9.17) is 14.3 Å². The van der Waals surface area contributed by atoms with Gasteiger partial charge in [-0.25, -0.2) is 4.79 Å². The Kier molecular flexibility index (Phi) is 3.32. The average Bonchev–Trinajstić information content (AvgIpc) is 2.59. The van der Waals surface area contributed by atoms with Crippen LogP contribution >= 0.6 is 0 Å². The molecule has 0 aliphatic carbocycles. The van der Waals surface area contributed by atoms with Crippen molar-refractivity contribution in [3.8, 4) is 11.5 Å². The van der Waals surface area contributed by atoms with E-state index in [-0.39, 0.29) is 27.9 Å². The molecule has 3 aromatic carbocycles. The highest BCUT2D eigenvalue weighted by atomic mass is 16.5. The number of aromatic hydroxyl groups is 1. The van der Waals surface area contributed by atoms with Crippen molar-refractivity contribution in [1.29, 1.82) is 0 Å². The molecule has 0 bridgehead atoms. The number of ether oxygens (including phenoxy) is 1. The molecule has 124 valence electrons. The third-order valence-electron chi connectivity index (χ3n) is 3.98. The molecule has 0 saturated heterocycles. The van der Waals surface area contributed by atoms with Crippen LogP contribution in [0.25, 0.3) is 32.7 Å². The molecule has 0 atom stereocenters. The van der Waals surface area contributed by atoms with Crippen LogP contribution < -0.4 is 10.2 Å². The van der Waals surface area contributed by atoms with Gasteiger partial charge in [-0.15, -0.1) is 0 Å². The van der Waals surface area contributed by atoms with Gasteiger partial charge >= 0.3 is 5.97 Å². The number of carboxylic acids is 1. The van der Waals surface area contributed by atoms with Gasteiger partial charge in [0, 0.05) is 17.5 Å². The minimum Gasteiger partial charge on any atom is -0.507 e. The summed E-state index contributed by atoms with van der Waals surface area (Å²) in [6.07, 6.45) is 0. The topological polar surface area (TPSA) is 97.0 Å². The molecule has 2 N–H and O–H groups in total. The largest absolute Gasteiger partial charge is 0.507 e. The van der Waals surface area contributed by atoms with Crippen molar-refractivity contribution in [1.82, 2.24) is 0 Å². The Morgan fingerprint density at radius 2 is 1.88 bits per heavy atom. The maximum atomic E-state index is 12.8. The van der Waals surface area contributed by atoms with Gasteiger partial charge in [0.25, 0.3) is 0 Å². The van der Waals surface area contributed by atoms with Crippen LogP contribution in [0.1, 0.15) is 0 Å². The molecule has 0 radical (unpaired) electrons. The third kappa shape index (κ3) is 2.44. The molecule has 4 aromatic rings. The number of aliphatic carboxylic acids is 1. The van der Waals surface area contributed by atoms with E-state index in [1.165, 1.54) is 12.1 Å². The van der Waals surface area contributed by atoms with Gasteiger partial charge in [-0.1, -0.05) is 30.3 Å². The summed E-state index contributed by atoms with van der Waals surface area (Å²) in [5.41, 5.74) is 0.184. The van der Waals surface area contributed by atoms with Crippen molar-refractivity contribution in [2.45, 2.75) is 0 Å². The first-order valence-corrected chi connectivity index (χ1v) is 7.50. The molecule has 0 spiro atoms. The van der Waals surface area contributed by atoms with E-state index in [1.807, 2.05) is 30.3 Å². The minimum absolute atomic E-state index is 0.0328. The Hall–Kier alpha value is -3.54. The second-order valence-corrected chi connectivity index (χ2v) is 5.59. The second-order valence-electron chi connectivity index (χ2n) is 5.59. The molecule has 6 heteroatoms. The van der Waals surface area contributed by atoms with E-state index in [0.717, 1.165) is 10.8 Å². The maximum absolute atomic E-state index is 12.8. The SMILES string of the molecule is O=C(O)COc1cc(O)c2c(=O)c3ccc4ccccc4c3oc2c1. The maximum Gasteiger partial charge on any atom is 0.341 e. The van der Waals surface area contributed by atoms with Gasteiger partial charge in [-0.3, -0.25) is 4.79 Å². The molecule has 1 heterocycles. The van der Waals surface area contributed by atoms with E-state index >= 15 is 0 Å². The molecule has 4 rings (SSSR count). The van der Waals surface area contributed by atoms with Crippen LogP contribution in [0.3, 0.4) is 0 Å². The van der Waals surface area contributed by atoms with E-state index in [0.29, 0.717) is 11.0 Å². The van der Waals surface area contributed by atoms with Crippen molar-refractivity contribution in [2.75, 3.05) is 6.61 Å². The summed E-state index contributed by atoms with van der Waals surface area (Å²) in [6.45, 7) is -0.564. The van der Waals surface area contributed by atoms with Crippen LogP contribution in [0.4, 0.5) is 0 Å². The smallest absolute Gasteiger partial charge is 0.341 e. The molecule has 6 nitrogen and oxygen atoms in total. The molecule has 1 aromatic heterocycles. The Labute approximate surface area is 140 Å². The fraction of sp³-hybridized carbons (Fsp3) is 0.0526. The summed E-state index contributed by atoms with van der Waals surface area (Å²) in [5.74, 6) is -1.36. The first kappa shape index (κ1) is 15.0. The fourth-order valence-corrected chi connectivity index (χ4v) is 2.89. The second kappa shape index (κ2) is 5.52. The summed E-state index contributed by atoms with van der Waals surface area (Å²) in [7, 11) is 0. The van der Waals surface area contributed by atoms with Gasteiger partial charge in [0.1, 0.15) is 28.1 Å². The highest BCUT2D eigenvalue weighted by Gasteiger charge is 2.15. The summed E-state index contributed by atoms with van der Waals surface area (Å²) in [4.78, 5) is 23.4. The molecular weight excluding hydrogens is 324 g/mol. The predicted octanol–water partition coefficient (Wildman–Crippen LogP) is 3.27. The average molecular weight is 336 g/mol. The van der Waals surface area contributed by atoms with Gasteiger partial charge in [0.05, 0.1) is 5.39 Å². The molecular formula is C19H12O6. The van der Waals surface area contributed by atoms with Crippen LogP contribution in [-0.2, 0) is 4.79 Å². The normalized spacial score (nSPS) is 11.2. The Bertz CT molecular complexity index is 1210. The lowest BCUT2D eigenvalue weighted by Crippen LogP contribution is -2.09. The highest BCUT2D eigenvalue weighted by molar-refractivity contribution is 6.07. The minimum atomic E-state index is -1.15. The lowest BCUT2D eigenvalue weighted by molar-refractivity contribution is -0.139. The van der Waals surface area contributed by atoms with E-state index in [9.17, 15) is 14.7 Å². The van der Waals surface area contributed by atoms with Gasteiger partial charge < -0.3 is 19.4 Å². The number of carbonyl (C=O) groups is 1. The van der Waals surface area contributed by atoms with Gasteiger partial charge in [-0.2, -0.15) is 0 Å². The fourth-order valence-electron chi connectivity index (χ4n) is 2.89. The zero-order valence-electron chi connectivity index (χ0n) is 12.9. The standard InChI is InChI=1S/C19H12O6/c20-14-7-11(24-9-16(21)22)8-15-17(14)18(23)13-6-5-10-3-1-2-4-12(10)19(13)25-15/h1-8,20H,9H2,(H,21,22). The van der Waals surface area contributed by atoms with E-state index < -0.39 is 12.6 Å². The van der Waals surface area contributed by atoms with Crippen LogP contribution in [-0.4, -0.2) is 22.8 Å². The molecule has 0 unspecified atom stereocenters. The zero-order chi connectivity index (χ0) is 17.6. The summed E-state index contributed by atoms with van der Waals surface area (Å²) in [6, 6.07) is 13.6. The van der Waals surface area contributed by atoms with Crippen LogP contribution in [0.15, 0.2) is 57.7 Å². The lowest BCUT2D eigenvalue weighted by atomic mass is 10.1. The van der Waals surface area contributed by atoms with Crippen molar-refractivity contribution >= 4 is 38.7 Å². The number of phenols is 1. The predicted molar refractivity (Wildman–Crippen MR) is 92.3 cm³/mol. The van der Waals surface area contributed by atoms with Gasteiger partial charge in [0.15, 0.2) is 6.61 Å². The van der Waals surface area contributed by atoms with E-state index in [1.54, 1.807) is 6.07 Å². The molecule has 0 amide bonds. The highest BCUT2D eigenvalue weighted by Crippen LogP contribution is 2.32. The number of hydrogen-bond donors (Lipinski definition) is 2. The molecule has 0 aliphatic heterocycles. The van der Waals surface area contributed by atoms with Gasteiger partial charge in [0.2, 0.25) is 5.43 Å². The number of hydrogen-bond acceptors (Lipinski definition) is 5. The first-order chi connectivity index (χ1) is 12.0. The molecule has 25 heavy (non-hydrogen) atoms. The number of carboxylic acid groups (broad SMARTS) is 1. The molecule has 0 aliphatic rings. The van der Waals surface area contributed by atoms with Crippen molar-refractivity contribution in [3.63, 3.8) is 0 Å².